The molecule has 0 saturated heterocycles. The molecule has 0 aliphatic carbocycles. The third kappa shape index (κ3) is 2.57. The number of para-hydroxylation sites is 1. The molecular formula is C21H14N2O. The van der Waals surface area contributed by atoms with Crippen LogP contribution in [0.4, 0.5) is 0 Å². The quantitative estimate of drug-likeness (QED) is 0.685. The first kappa shape index (κ1) is 14.3. The molecule has 1 amide bonds. The lowest BCUT2D eigenvalue weighted by atomic mass is 10.0. The number of benzene rings is 3. The summed E-state index contributed by atoms with van der Waals surface area (Å²) in [4.78, 5) is 21.1. The Bertz CT molecular complexity index is 1010. The molecular weight excluding hydrogens is 296 g/mol. The Hall–Kier alpha value is -3.33. The van der Waals surface area contributed by atoms with E-state index >= 15 is 0 Å². The molecule has 0 bridgehead atoms. The average molecular weight is 310 g/mol. The van der Waals surface area contributed by atoms with Crippen LogP contribution in [0.3, 0.4) is 0 Å². The summed E-state index contributed by atoms with van der Waals surface area (Å²) in [5, 5.41) is 1.47. The number of carbonyl (C=O) groups excluding carboxylic acids is 1. The molecule has 3 aromatic rings. The molecule has 3 nitrogen and oxygen atoms in total. The van der Waals surface area contributed by atoms with Gasteiger partial charge in [0.1, 0.15) is 5.70 Å². The van der Waals surface area contributed by atoms with Gasteiger partial charge in [0.25, 0.3) is 5.91 Å². The van der Waals surface area contributed by atoms with E-state index in [-0.39, 0.29) is 5.91 Å². The van der Waals surface area contributed by atoms with E-state index < -0.39 is 0 Å². The highest BCUT2D eigenvalue weighted by atomic mass is 16.1. The Morgan fingerprint density at radius 1 is 0.708 bits per heavy atom. The van der Waals surface area contributed by atoms with Crippen LogP contribution < -0.4 is 10.6 Å². The standard InChI is InChI=1S/C21H14N2O/c24-21-20(17-13-7-8-14-18(17)22-21)23-19(15-9-3-1-4-10-15)16-11-5-2-6-12-16/h1-14H. The van der Waals surface area contributed by atoms with Crippen LogP contribution in [0, 0.1) is 0 Å². The van der Waals surface area contributed by atoms with Crippen molar-refractivity contribution in [2.45, 2.75) is 0 Å². The average Bonchev–Trinajstić information content (AvgIpc) is 2.96. The number of hydrogen-bond acceptors (Lipinski definition) is 2. The smallest absolute Gasteiger partial charge is 0.265 e. The minimum absolute atomic E-state index is 0.291. The zero-order valence-electron chi connectivity index (χ0n) is 12.9. The van der Waals surface area contributed by atoms with E-state index in [4.69, 9.17) is 4.99 Å². The van der Waals surface area contributed by atoms with Gasteiger partial charge in [0.15, 0.2) is 0 Å². The molecule has 114 valence electrons. The van der Waals surface area contributed by atoms with Crippen molar-refractivity contribution < 1.29 is 4.79 Å². The minimum atomic E-state index is -0.291. The molecule has 1 aliphatic rings. The first-order valence-corrected chi connectivity index (χ1v) is 7.75. The van der Waals surface area contributed by atoms with E-state index in [0.29, 0.717) is 11.1 Å². The first-order chi connectivity index (χ1) is 11.8. The van der Waals surface area contributed by atoms with Crippen molar-refractivity contribution in [1.29, 1.82) is 0 Å². The van der Waals surface area contributed by atoms with Crippen LogP contribution in [0.1, 0.15) is 11.1 Å². The van der Waals surface area contributed by atoms with Gasteiger partial charge in [-0.3, -0.25) is 4.79 Å². The largest absolute Gasteiger partial charge is 0.296 e. The summed E-state index contributed by atoms with van der Waals surface area (Å²) in [5.74, 6) is -0.291. The molecule has 24 heavy (non-hydrogen) atoms. The Morgan fingerprint density at radius 3 is 1.88 bits per heavy atom. The molecule has 3 heteroatoms. The van der Waals surface area contributed by atoms with Crippen LogP contribution in [-0.4, -0.2) is 11.6 Å². The van der Waals surface area contributed by atoms with E-state index in [1.807, 2.05) is 84.9 Å². The maximum absolute atomic E-state index is 12.3. The normalized spacial score (nSPS) is 12.5. The lowest BCUT2D eigenvalue weighted by Gasteiger charge is -2.07. The lowest BCUT2D eigenvalue weighted by molar-refractivity contribution is -0.112. The summed E-state index contributed by atoms with van der Waals surface area (Å²) in [7, 11) is 0. The fourth-order valence-electron chi connectivity index (χ4n) is 2.76. The highest BCUT2D eigenvalue weighted by Gasteiger charge is 2.17. The molecule has 0 saturated carbocycles. The predicted molar refractivity (Wildman–Crippen MR) is 94.2 cm³/mol. The highest BCUT2D eigenvalue weighted by molar-refractivity contribution is 6.22. The van der Waals surface area contributed by atoms with Gasteiger partial charge in [-0.2, -0.15) is 0 Å². The monoisotopic (exact) mass is 310 g/mol. The van der Waals surface area contributed by atoms with Crippen molar-refractivity contribution in [1.82, 2.24) is 0 Å². The van der Waals surface area contributed by atoms with Crippen molar-refractivity contribution >= 4 is 17.3 Å². The van der Waals surface area contributed by atoms with Gasteiger partial charge < -0.3 is 0 Å². The molecule has 1 heterocycles. The van der Waals surface area contributed by atoms with Crippen LogP contribution >= 0.6 is 0 Å². The number of carbonyl (C=O) groups is 1. The van der Waals surface area contributed by atoms with Gasteiger partial charge in [-0.05, 0) is 6.07 Å². The lowest BCUT2D eigenvalue weighted by Crippen LogP contribution is -2.22. The SMILES string of the molecule is O=C1N=c2ccccc2=C1N=C(c1ccccc1)c1ccccc1. The summed E-state index contributed by atoms with van der Waals surface area (Å²) in [5.41, 5.74) is 3.10. The number of hydrogen-bond donors (Lipinski definition) is 0. The van der Waals surface area contributed by atoms with Crippen molar-refractivity contribution in [3.8, 4) is 0 Å². The van der Waals surface area contributed by atoms with Gasteiger partial charge in [0.05, 0.1) is 11.1 Å². The summed E-state index contributed by atoms with van der Waals surface area (Å²) < 4.78 is 0. The number of aliphatic imine (C=N–C) groups is 1. The molecule has 0 radical (unpaired) electrons. The van der Waals surface area contributed by atoms with Crippen molar-refractivity contribution in [2.75, 3.05) is 0 Å². The van der Waals surface area contributed by atoms with Gasteiger partial charge in [0.2, 0.25) is 0 Å². The van der Waals surface area contributed by atoms with Crippen LogP contribution in [0.25, 0.3) is 5.70 Å². The molecule has 0 N–H and O–H groups in total. The van der Waals surface area contributed by atoms with E-state index in [1.165, 1.54) is 0 Å². The Balaban J connectivity index is 1.98. The maximum Gasteiger partial charge on any atom is 0.296 e. The van der Waals surface area contributed by atoms with E-state index in [0.717, 1.165) is 22.1 Å². The van der Waals surface area contributed by atoms with Crippen molar-refractivity contribution in [2.24, 2.45) is 9.98 Å². The van der Waals surface area contributed by atoms with Crippen LogP contribution in [0.2, 0.25) is 0 Å². The van der Waals surface area contributed by atoms with Gasteiger partial charge in [-0.15, -0.1) is 0 Å². The summed E-state index contributed by atoms with van der Waals surface area (Å²) in [6.07, 6.45) is 0. The van der Waals surface area contributed by atoms with Gasteiger partial charge >= 0.3 is 0 Å². The third-order valence-electron chi connectivity index (χ3n) is 3.90. The van der Waals surface area contributed by atoms with E-state index in [9.17, 15) is 4.79 Å². The second kappa shape index (κ2) is 6.05. The molecule has 4 rings (SSSR count). The highest BCUT2D eigenvalue weighted by Crippen LogP contribution is 2.14. The van der Waals surface area contributed by atoms with E-state index in [2.05, 4.69) is 4.99 Å². The molecule has 0 aromatic heterocycles. The molecule has 0 unspecified atom stereocenters. The Kier molecular flexibility index (Phi) is 3.60. The fraction of sp³-hybridized carbons (Fsp3) is 0. The van der Waals surface area contributed by atoms with E-state index in [1.54, 1.807) is 0 Å². The third-order valence-corrected chi connectivity index (χ3v) is 3.90. The molecule has 0 spiro atoms. The molecule has 3 aromatic carbocycles. The molecule has 0 fully saturated rings. The first-order valence-electron chi connectivity index (χ1n) is 7.75. The van der Waals surface area contributed by atoms with Gasteiger partial charge in [0, 0.05) is 16.3 Å². The summed E-state index contributed by atoms with van der Waals surface area (Å²) in [6.45, 7) is 0. The molecule has 0 atom stereocenters. The molecule has 1 aliphatic heterocycles. The maximum atomic E-state index is 12.3. The summed E-state index contributed by atoms with van der Waals surface area (Å²) >= 11 is 0. The number of rotatable bonds is 3. The van der Waals surface area contributed by atoms with Crippen LogP contribution in [0.5, 0.6) is 0 Å². The second-order valence-corrected chi connectivity index (χ2v) is 5.48. The topological polar surface area (TPSA) is 41.8 Å². The number of amides is 1. The van der Waals surface area contributed by atoms with Crippen molar-refractivity contribution in [3.05, 3.63) is 107 Å². The van der Waals surface area contributed by atoms with Gasteiger partial charge in [-0.1, -0.05) is 78.9 Å². The Labute approximate surface area is 139 Å². The minimum Gasteiger partial charge on any atom is -0.265 e. The van der Waals surface area contributed by atoms with Crippen LogP contribution in [0.15, 0.2) is 94.9 Å². The Morgan fingerprint density at radius 2 is 1.25 bits per heavy atom. The zero-order chi connectivity index (χ0) is 16.4. The number of nitrogens with zero attached hydrogens (tertiary/aromatic N) is 2. The second-order valence-electron chi connectivity index (χ2n) is 5.48. The fourth-order valence-corrected chi connectivity index (χ4v) is 2.76. The zero-order valence-corrected chi connectivity index (χ0v) is 12.9. The van der Waals surface area contributed by atoms with Crippen molar-refractivity contribution in [3.63, 3.8) is 0 Å². The number of fused-ring (bicyclic) bond motifs is 1. The van der Waals surface area contributed by atoms with Crippen LogP contribution in [-0.2, 0) is 4.79 Å². The predicted octanol–water partition coefficient (Wildman–Crippen LogP) is 2.49. The van der Waals surface area contributed by atoms with Gasteiger partial charge in [-0.25, -0.2) is 9.98 Å². The summed E-state index contributed by atoms with van der Waals surface area (Å²) in [6, 6.07) is 27.3.